The molecule has 0 atom stereocenters. The topological polar surface area (TPSA) is 68.4 Å². The largest absolute Gasteiger partial charge is 0.497 e. The quantitative estimate of drug-likeness (QED) is 0.622. The molecule has 3 aliphatic heterocycles. The van der Waals surface area contributed by atoms with Crippen molar-refractivity contribution >= 4 is 23.3 Å². The van der Waals surface area contributed by atoms with Gasteiger partial charge in [-0.25, -0.2) is 4.79 Å². The van der Waals surface area contributed by atoms with E-state index in [1.165, 1.54) is 30.0 Å². The Morgan fingerprint density at radius 3 is 2.35 bits per heavy atom. The number of ether oxygens (including phenoxy) is 1. The Hall–Kier alpha value is -3.10. The second-order valence-electron chi connectivity index (χ2n) is 10.5. The molecule has 3 heterocycles. The maximum atomic E-state index is 13.4. The fourth-order valence-corrected chi connectivity index (χ4v) is 5.74. The van der Waals surface area contributed by atoms with Crippen LogP contribution < -0.4 is 19.9 Å². The Morgan fingerprint density at radius 1 is 0.946 bits per heavy atom. The average Bonchev–Trinajstić information content (AvgIpc) is 2.93. The number of methoxy groups -OCH3 is 1. The zero-order valence-electron chi connectivity index (χ0n) is 22.1. The van der Waals surface area contributed by atoms with Gasteiger partial charge in [0.15, 0.2) is 0 Å². The molecular weight excluding hydrogens is 466 g/mol. The van der Waals surface area contributed by atoms with Crippen molar-refractivity contribution in [3.05, 3.63) is 53.6 Å². The van der Waals surface area contributed by atoms with Crippen molar-refractivity contribution < 1.29 is 14.3 Å². The highest BCUT2D eigenvalue weighted by Crippen LogP contribution is 2.30. The van der Waals surface area contributed by atoms with Crippen LogP contribution in [0.1, 0.15) is 30.4 Å². The van der Waals surface area contributed by atoms with E-state index in [9.17, 15) is 9.59 Å². The molecule has 0 saturated carbocycles. The van der Waals surface area contributed by atoms with Gasteiger partial charge in [-0.3, -0.25) is 19.5 Å². The summed E-state index contributed by atoms with van der Waals surface area (Å²) in [7, 11) is 1.62. The molecule has 0 aliphatic carbocycles. The molecule has 198 valence electrons. The summed E-state index contributed by atoms with van der Waals surface area (Å²) in [4.78, 5) is 34.2. The smallest absolute Gasteiger partial charge is 0.331 e. The number of nitrogens with one attached hydrogen (secondary N) is 1. The highest BCUT2D eigenvalue weighted by atomic mass is 16.5. The van der Waals surface area contributed by atoms with E-state index in [4.69, 9.17) is 4.74 Å². The van der Waals surface area contributed by atoms with Gasteiger partial charge in [0, 0.05) is 57.1 Å². The van der Waals surface area contributed by atoms with Gasteiger partial charge in [0.1, 0.15) is 5.75 Å². The molecular formula is C29H39N5O3. The molecule has 0 spiro atoms. The molecule has 5 rings (SSSR count). The monoisotopic (exact) mass is 505 g/mol. The fourth-order valence-electron chi connectivity index (χ4n) is 5.74. The lowest BCUT2D eigenvalue weighted by Gasteiger charge is -2.39. The Balaban J connectivity index is 1.21. The van der Waals surface area contributed by atoms with Crippen LogP contribution in [-0.2, 0) is 11.3 Å². The standard InChI is InChI=1S/C29H39N5O3/c1-22-19-25(32-17-15-31(16-18-32)20-24-9-12-30-13-10-24)5-8-27(22)33-14-11-28(35)34(29(33)36)21-23-3-6-26(37-2)7-4-23/h3-8,19,24,30H,9-18,20-21H2,1-2H3. The Kier molecular flexibility index (Phi) is 7.96. The number of carbonyl (C=O) groups excluding carboxylic acids is 2. The minimum atomic E-state index is -0.255. The van der Waals surface area contributed by atoms with Gasteiger partial charge in [0.2, 0.25) is 5.91 Å². The number of imide groups is 1. The molecule has 2 aromatic carbocycles. The normalized spacial score (nSPS) is 20.0. The number of nitrogens with zero attached hydrogens (tertiary/aromatic N) is 4. The van der Waals surface area contributed by atoms with E-state index in [-0.39, 0.29) is 18.5 Å². The van der Waals surface area contributed by atoms with E-state index in [0.29, 0.717) is 13.0 Å². The third kappa shape index (κ3) is 5.91. The predicted molar refractivity (Wildman–Crippen MR) is 146 cm³/mol. The van der Waals surface area contributed by atoms with Crippen LogP contribution in [-0.4, -0.2) is 81.2 Å². The number of carbonyl (C=O) groups is 2. The number of urea groups is 1. The summed E-state index contributed by atoms with van der Waals surface area (Å²) in [5, 5.41) is 3.46. The van der Waals surface area contributed by atoms with Crippen LogP contribution in [0.4, 0.5) is 16.2 Å². The van der Waals surface area contributed by atoms with Crippen LogP contribution in [0.3, 0.4) is 0 Å². The Morgan fingerprint density at radius 2 is 1.68 bits per heavy atom. The van der Waals surface area contributed by atoms with Crippen molar-refractivity contribution in [2.75, 3.05) is 69.3 Å². The number of piperidine rings is 1. The van der Waals surface area contributed by atoms with Crippen molar-refractivity contribution in [1.82, 2.24) is 15.1 Å². The number of benzene rings is 2. The first kappa shape index (κ1) is 25.5. The molecule has 3 aliphatic rings. The molecule has 3 fully saturated rings. The average molecular weight is 506 g/mol. The van der Waals surface area contributed by atoms with E-state index in [1.807, 2.05) is 30.3 Å². The van der Waals surface area contributed by atoms with E-state index in [2.05, 4.69) is 34.2 Å². The van der Waals surface area contributed by atoms with Gasteiger partial charge in [-0.15, -0.1) is 0 Å². The summed E-state index contributed by atoms with van der Waals surface area (Å²) in [6, 6.07) is 13.6. The van der Waals surface area contributed by atoms with Gasteiger partial charge in [0.05, 0.1) is 13.7 Å². The van der Waals surface area contributed by atoms with E-state index in [1.54, 1.807) is 12.0 Å². The zero-order valence-corrected chi connectivity index (χ0v) is 22.1. The summed E-state index contributed by atoms with van der Waals surface area (Å²) in [6.45, 7) is 10.5. The molecule has 3 saturated heterocycles. The second kappa shape index (κ2) is 11.5. The van der Waals surface area contributed by atoms with Crippen LogP contribution in [0.2, 0.25) is 0 Å². The molecule has 37 heavy (non-hydrogen) atoms. The highest BCUT2D eigenvalue weighted by Gasteiger charge is 2.33. The number of rotatable bonds is 7. The first-order chi connectivity index (χ1) is 18.0. The summed E-state index contributed by atoms with van der Waals surface area (Å²) >= 11 is 0. The fraction of sp³-hybridized carbons (Fsp3) is 0.517. The number of anilines is 2. The SMILES string of the molecule is COc1ccc(CN2C(=O)CCN(c3ccc(N4CCN(CC5CCNCC5)CC4)cc3C)C2=O)cc1. The third-order valence-corrected chi connectivity index (χ3v) is 8.00. The number of hydrogen-bond donors (Lipinski definition) is 1. The van der Waals surface area contributed by atoms with Gasteiger partial charge in [-0.1, -0.05) is 12.1 Å². The lowest BCUT2D eigenvalue weighted by atomic mass is 9.97. The maximum Gasteiger partial charge on any atom is 0.331 e. The second-order valence-corrected chi connectivity index (χ2v) is 10.5. The highest BCUT2D eigenvalue weighted by molar-refractivity contribution is 6.06. The van der Waals surface area contributed by atoms with Gasteiger partial charge < -0.3 is 15.0 Å². The van der Waals surface area contributed by atoms with E-state index < -0.39 is 0 Å². The molecule has 8 nitrogen and oxygen atoms in total. The van der Waals surface area contributed by atoms with Crippen molar-refractivity contribution in [2.24, 2.45) is 5.92 Å². The van der Waals surface area contributed by atoms with E-state index >= 15 is 0 Å². The number of aryl methyl sites for hydroxylation is 1. The predicted octanol–water partition coefficient (Wildman–Crippen LogP) is 3.48. The van der Waals surface area contributed by atoms with Gasteiger partial charge in [-0.05, 0) is 80.2 Å². The number of amides is 3. The molecule has 0 aromatic heterocycles. The first-order valence-corrected chi connectivity index (χ1v) is 13.6. The Labute approximate surface area is 220 Å². The van der Waals surface area contributed by atoms with Gasteiger partial charge >= 0.3 is 6.03 Å². The summed E-state index contributed by atoms with van der Waals surface area (Å²) in [6.07, 6.45) is 2.90. The van der Waals surface area contributed by atoms with Crippen molar-refractivity contribution in [2.45, 2.75) is 32.7 Å². The van der Waals surface area contributed by atoms with Crippen molar-refractivity contribution in [1.29, 1.82) is 0 Å². The molecule has 0 unspecified atom stereocenters. The molecule has 8 heteroatoms. The molecule has 0 radical (unpaired) electrons. The minimum Gasteiger partial charge on any atom is -0.497 e. The summed E-state index contributed by atoms with van der Waals surface area (Å²) in [5.41, 5.74) is 4.04. The van der Waals surface area contributed by atoms with Crippen LogP contribution in [0, 0.1) is 12.8 Å². The minimum absolute atomic E-state index is 0.131. The molecule has 1 N–H and O–H groups in total. The lowest BCUT2D eigenvalue weighted by Crippen LogP contribution is -2.52. The van der Waals surface area contributed by atoms with Crippen molar-refractivity contribution in [3.63, 3.8) is 0 Å². The van der Waals surface area contributed by atoms with Crippen molar-refractivity contribution in [3.8, 4) is 5.75 Å². The zero-order chi connectivity index (χ0) is 25.8. The third-order valence-electron chi connectivity index (χ3n) is 8.00. The first-order valence-electron chi connectivity index (χ1n) is 13.6. The maximum absolute atomic E-state index is 13.4. The molecule has 3 amide bonds. The molecule has 2 aromatic rings. The van der Waals surface area contributed by atoms with Gasteiger partial charge in [0.25, 0.3) is 0 Å². The molecule has 0 bridgehead atoms. The van der Waals surface area contributed by atoms with E-state index in [0.717, 1.165) is 67.8 Å². The van der Waals surface area contributed by atoms with Crippen LogP contribution >= 0.6 is 0 Å². The lowest BCUT2D eigenvalue weighted by molar-refractivity contribution is -0.129. The van der Waals surface area contributed by atoms with Crippen LogP contribution in [0.15, 0.2) is 42.5 Å². The van der Waals surface area contributed by atoms with Crippen LogP contribution in [0.25, 0.3) is 0 Å². The summed E-state index contributed by atoms with van der Waals surface area (Å²) in [5.74, 6) is 1.45. The number of hydrogen-bond acceptors (Lipinski definition) is 6. The number of piperazine rings is 1. The summed E-state index contributed by atoms with van der Waals surface area (Å²) < 4.78 is 5.22. The van der Waals surface area contributed by atoms with Gasteiger partial charge in [-0.2, -0.15) is 0 Å². The van der Waals surface area contributed by atoms with Crippen LogP contribution in [0.5, 0.6) is 5.75 Å². The Bertz CT molecular complexity index is 1090.